The molecule has 1 N–H and O–H groups in total. The Morgan fingerprint density at radius 3 is 2.55 bits per heavy atom. The lowest BCUT2D eigenvalue weighted by atomic mass is 10.1. The van der Waals surface area contributed by atoms with E-state index >= 15 is 0 Å². The van der Waals surface area contributed by atoms with E-state index in [9.17, 15) is 13.6 Å². The highest BCUT2D eigenvalue weighted by Gasteiger charge is 2.11. The zero-order valence-corrected chi connectivity index (χ0v) is 16.1. The van der Waals surface area contributed by atoms with E-state index in [0.29, 0.717) is 28.5 Å². The van der Waals surface area contributed by atoms with E-state index in [2.05, 4.69) is 20.3 Å². The molecule has 0 radical (unpaired) electrons. The van der Waals surface area contributed by atoms with Gasteiger partial charge in [-0.2, -0.15) is 0 Å². The first-order chi connectivity index (χ1) is 14.0. The number of carbonyl (C=O) groups excluding carboxylic acids is 1. The van der Waals surface area contributed by atoms with Gasteiger partial charge in [0.2, 0.25) is 0 Å². The molecule has 1 amide bonds. The summed E-state index contributed by atoms with van der Waals surface area (Å²) >= 11 is 1.24. The van der Waals surface area contributed by atoms with Crippen molar-refractivity contribution in [2.75, 3.05) is 5.32 Å². The number of nitrogens with zero attached hydrogens (tertiary/aromatic N) is 4. The van der Waals surface area contributed by atoms with Crippen molar-refractivity contribution in [2.24, 2.45) is 0 Å². The molecule has 3 heterocycles. The van der Waals surface area contributed by atoms with Crippen LogP contribution >= 0.6 is 11.3 Å². The van der Waals surface area contributed by atoms with Crippen molar-refractivity contribution in [1.82, 2.24) is 19.5 Å². The van der Waals surface area contributed by atoms with Gasteiger partial charge >= 0.3 is 0 Å². The molecule has 1 aromatic carbocycles. The summed E-state index contributed by atoms with van der Waals surface area (Å²) in [6, 6.07) is 6.78. The average molecular weight is 411 g/mol. The molecule has 6 nitrogen and oxygen atoms in total. The molecule has 0 saturated heterocycles. The van der Waals surface area contributed by atoms with E-state index in [1.165, 1.54) is 29.7 Å². The molecule has 0 aliphatic heterocycles. The molecule has 0 aliphatic rings. The van der Waals surface area contributed by atoms with E-state index in [0.717, 1.165) is 16.8 Å². The second-order valence-electron chi connectivity index (χ2n) is 6.29. The number of rotatable bonds is 5. The summed E-state index contributed by atoms with van der Waals surface area (Å²) in [7, 11) is 0. The quantitative estimate of drug-likeness (QED) is 0.535. The highest BCUT2D eigenvalue weighted by atomic mass is 32.1. The van der Waals surface area contributed by atoms with E-state index in [-0.39, 0.29) is 5.91 Å². The zero-order chi connectivity index (χ0) is 20.4. The molecule has 3 aromatic heterocycles. The molecular weight excluding hydrogens is 396 g/mol. The third-order valence-electron chi connectivity index (χ3n) is 4.16. The number of pyridine rings is 1. The van der Waals surface area contributed by atoms with Crippen molar-refractivity contribution >= 4 is 22.4 Å². The number of carbonyl (C=O) groups is 1. The average Bonchev–Trinajstić information content (AvgIpc) is 3.30. The van der Waals surface area contributed by atoms with Crippen molar-refractivity contribution in [1.29, 1.82) is 0 Å². The second kappa shape index (κ2) is 7.88. The van der Waals surface area contributed by atoms with Crippen molar-refractivity contribution in [2.45, 2.75) is 13.3 Å². The number of hydrogen-bond acceptors (Lipinski definition) is 5. The molecule has 4 rings (SSSR count). The van der Waals surface area contributed by atoms with E-state index in [1.807, 2.05) is 11.5 Å². The molecule has 29 heavy (non-hydrogen) atoms. The van der Waals surface area contributed by atoms with Crippen LogP contribution in [0.5, 0.6) is 0 Å². The van der Waals surface area contributed by atoms with Gasteiger partial charge in [-0.3, -0.25) is 14.7 Å². The molecule has 0 aliphatic carbocycles. The Kier molecular flexibility index (Phi) is 5.13. The van der Waals surface area contributed by atoms with Crippen molar-refractivity contribution in [3.05, 3.63) is 88.6 Å². The van der Waals surface area contributed by atoms with Crippen LogP contribution in [0.25, 0.3) is 5.82 Å². The second-order valence-corrected chi connectivity index (χ2v) is 7.41. The molecule has 146 valence electrons. The van der Waals surface area contributed by atoms with Crippen LogP contribution < -0.4 is 5.32 Å². The van der Waals surface area contributed by atoms with Crippen LogP contribution in [0, 0.1) is 18.6 Å². The van der Waals surface area contributed by atoms with Gasteiger partial charge in [0.1, 0.15) is 23.3 Å². The summed E-state index contributed by atoms with van der Waals surface area (Å²) < 4.78 is 28.4. The summed E-state index contributed by atoms with van der Waals surface area (Å²) in [5, 5.41) is 3.11. The standard InChI is InChI=1S/C20H15F2N5OS/c1-12-23-4-5-27(12)18-3-2-14(10-24-18)19(28)26-20-25-11-17(29-20)8-13-6-15(21)9-16(22)7-13/h2-7,9-11H,8H2,1H3,(H,25,26,28). The Labute approximate surface area is 168 Å². The predicted octanol–water partition coefficient (Wildman–Crippen LogP) is 4.15. The summed E-state index contributed by atoms with van der Waals surface area (Å²) in [6.07, 6.45) is 6.85. The smallest absolute Gasteiger partial charge is 0.259 e. The fraction of sp³-hybridized carbons (Fsp3) is 0.100. The highest BCUT2D eigenvalue weighted by molar-refractivity contribution is 7.15. The van der Waals surface area contributed by atoms with Gasteiger partial charge in [-0.1, -0.05) is 0 Å². The first-order valence-electron chi connectivity index (χ1n) is 8.65. The number of amides is 1. The minimum atomic E-state index is -0.625. The number of thiazole rings is 1. The predicted molar refractivity (Wildman–Crippen MR) is 105 cm³/mol. The maximum atomic E-state index is 13.3. The Hall–Kier alpha value is -3.46. The van der Waals surface area contributed by atoms with Crippen LogP contribution in [0.3, 0.4) is 0 Å². The number of benzene rings is 1. The number of anilines is 1. The first-order valence-corrected chi connectivity index (χ1v) is 9.47. The minimum absolute atomic E-state index is 0.322. The summed E-state index contributed by atoms with van der Waals surface area (Å²) in [6.45, 7) is 1.86. The van der Waals surface area contributed by atoms with Gasteiger partial charge in [0.25, 0.3) is 5.91 Å². The van der Waals surface area contributed by atoms with Crippen LogP contribution in [0.15, 0.2) is 55.1 Å². The number of aryl methyl sites for hydroxylation is 1. The van der Waals surface area contributed by atoms with Gasteiger partial charge in [0, 0.05) is 42.2 Å². The van der Waals surface area contributed by atoms with E-state index < -0.39 is 11.6 Å². The zero-order valence-electron chi connectivity index (χ0n) is 15.3. The van der Waals surface area contributed by atoms with E-state index in [1.54, 1.807) is 30.7 Å². The molecule has 9 heteroatoms. The molecule has 0 unspecified atom stereocenters. The third-order valence-corrected chi connectivity index (χ3v) is 5.07. The monoisotopic (exact) mass is 411 g/mol. The topological polar surface area (TPSA) is 72.7 Å². The van der Waals surface area contributed by atoms with Crippen LogP contribution in [0.4, 0.5) is 13.9 Å². The third kappa shape index (κ3) is 4.35. The fourth-order valence-electron chi connectivity index (χ4n) is 2.81. The van der Waals surface area contributed by atoms with Gasteiger partial charge in [0.15, 0.2) is 5.13 Å². The highest BCUT2D eigenvalue weighted by Crippen LogP contribution is 2.22. The Bertz CT molecular complexity index is 1150. The summed E-state index contributed by atoms with van der Waals surface area (Å²) in [5.74, 6) is -0.137. The number of aromatic nitrogens is 4. The van der Waals surface area contributed by atoms with Crippen molar-refractivity contribution < 1.29 is 13.6 Å². The Morgan fingerprint density at radius 2 is 1.90 bits per heavy atom. The number of halogens is 2. The van der Waals surface area contributed by atoms with Crippen LogP contribution in [-0.4, -0.2) is 25.4 Å². The SMILES string of the molecule is Cc1nccn1-c1ccc(C(=O)Nc2ncc(Cc3cc(F)cc(F)c3)s2)cn1. The van der Waals surface area contributed by atoms with Crippen LogP contribution in [0.1, 0.15) is 26.6 Å². The lowest BCUT2D eigenvalue weighted by Gasteiger charge is -2.05. The maximum absolute atomic E-state index is 13.3. The molecule has 0 bridgehead atoms. The van der Waals surface area contributed by atoms with E-state index in [4.69, 9.17) is 0 Å². The van der Waals surface area contributed by atoms with Gasteiger partial charge in [-0.15, -0.1) is 11.3 Å². The van der Waals surface area contributed by atoms with Gasteiger partial charge in [-0.25, -0.2) is 23.7 Å². The summed E-state index contributed by atoms with van der Waals surface area (Å²) in [5.41, 5.74) is 0.883. The fourth-order valence-corrected chi connectivity index (χ4v) is 3.66. The number of hydrogen-bond donors (Lipinski definition) is 1. The lowest BCUT2D eigenvalue weighted by Crippen LogP contribution is -2.12. The lowest BCUT2D eigenvalue weighted by molar-refractivity contribution is 0.102. The van der Waals surface area contributed by atoms with Crippen molar-refractivity contribution in [3.63, 3.8) is 0 Å². The Balaban J connectivity index is 1.43. The van der Waals surface area contributed by atoms with Crippen LogP contribution in [-0.2, 0) is 6.42 Å². The summed E-state index contributed by atoms with van der Waals surface area (Å²) in [4.78, 5) is 25.8. The number of imidazole rings is 1. The molecule has 0 spiro atoms. The molecular formula is C20H15F2N5OS. The maximum Gasteiger partial charge on any atom is 0.259 e. The van der Waals surface area contributed by atoms with Crippen LogP contribution in [0.2, 0.25) is 0 Å². The normalized spacial score (nSPS) is 10.9. The van der Waals surface area contributed by atoms with Gasteiger partial charge in [-0.05, 0) is 36.8 Å². The number of nitrogens with one attached hydrogen (secondary N) is 1. The molecule has 0 fully saturated rings. The first kappa shape index (κ1) is 18.9. The van der Waals surface area contributed by atoms with Gasteiger partial charge < -0.3 is 0 Å². The minimum Gasteiger partial charge on any atom is -0.298 e. The molecule has 0 atom stereocenters. The molecule has 0 saturated carbocycles. The van der Waals surface area contributed by atoms with Crippen molar-refractivity contribution in [3.8, 4) is 5.82 Å². The molecule has 4 aromatic rings. The van der Waals surface area contributed by atoms with Gasteiger partial charge in [0.05, 0.1) is 5.56 Å². The largest absolute Gasteiger partial charge is 0.298 e. The Morgan fingerprint density at radius 1 is 1.10 bits per heavy atom.